The summed E-state index contributed by atoms with van der Waals surface area (Å²) in [6, 6.07) is 7.64. The van der Waals surface area contributed by atoms with Crippen LogP contribution in [0.5, 0.6) is 0 Å². The van der Waals surface area contributed by atoms with E-state index in [2.05, 4.69) is 25.9 Å². The van der Waals surface area contributed by atoms with Gasteiger partial charge in [-0.1, -0.05) is 6.92 Å². The van der Waals surface area contributed by atoms with E-state index in [1.54, 1.807) is 22.7 Å². The second-order valence-corrected chi connectivity index (χ2v) is 7.77. The van der Waals surface area contributed by atoms with Crippen LogP contribution in [0.4, 0.5) is 19.7 Å². The molecule has 0 atom stereocenters. The van der Waals surface area contributed by atoms with Gasteiger partial charge in [0.25, 0.3) is 0 Å². The van der Waals surface area contributed by atoms with Crippen molar-refractivity contribution in [2.75, 3.05) is 11.9 Å². The lowest BCUT2D eigenvalue weighted by atomic mass is 10.2. The quantitative estimate of drug-likeness (QED) is 0.393. The number of thiazole rings is 1. The van der Waals surface area contributed by atoms with Crippen LogP contribution >= 0.6 is 27.3 Å². The molecule has 0 unspecified atom stereocenters. The van der Waals surface area contributed by atoms with Gasteiger partial charge < -0.3 is 4.90 Å². The number of halogens is 3. The first kappa shape index (κ1) is 18.1. The fourth-order valence-corrected chi connectivity index (χ4v) is 4.17. The number of hydrogen-bond donors (Lipinski definition) is 0. The minimum absolute atomic E-state index is 0.280. The lowest BCUT2D eigenvalue weighted by molar-refractivity contribution is 0.628. The molecule has 0 aliphatic heterocycles. The van der Waals surface area contributed by atoms with E-state index in [9.17, 15) is 8.78 Å². The standard InChI is InChI=1S/C19H15BrF2N4S/c1-3-15-18(26-9-12(20)8-14(22)17(26)23-15)25(2)19-24-16(10-27-19)11-4-6-13(21)7-5-11/h4-10H,3H2,1-2H3. The number of imidazole rings is 1. The zero-order valence-corrected chi connectivity index (χ0v) is 17.0. The number of hydrogen-bond acceptors (Lipinski definition) is 4. The molecule has 0 spiro atoms. The van der Waals surface area contributed by atoms with Gasteiger partial charge in [-0.15, -0.1) is 11.3 Å². The fourth-order valence-electron chi connectivity index (χ4n) is 2.96. The Labute approximate surface area is 167 Å². The Hall–Kier alpha value is -2.32. The summed E-state index contributed by atoms with van der Waals surface area (Å²) in [5.74, 6) is 0.106. The van der Waals surface area contributed by atoms with Gasteiger partial charge in [-0.25, -0.2) is 18.7 Å². The highest BCUT2D eigenvalue weighted by Gasteiger charge is 2.21. The average Bonchev–Trinajstić information content (AvgIpc) is 3.26. The van der Waals surface area contributed by atoms with E-state index in [0.29, 0.717) is 10.9 Å². The first-order valence-electron chi connectivity index (χ1n) is 8.29. The normalized spacial score (nSPS) is 11.3. The number of fused-ring (bicyclic) bond motifs is 1. The maximum atomic E-state index is 14.3. The van der Waals surface area contributed by atoms with E-state index in [1.807, 2.05) is 24.3 Å². The monoisotopic (exact) mass is 448 g/mol. The first-order chi connectivity index (χ1) is 13.0. The Morgan fingerprint density at radius 2 is 1.93 bits per heavy atom. The number of aryl methyl sites for hydroxylation is 1. The molecule has 8 heteroatoms. The summed E-state index contributed by atoms with van der Waals surface area (Å²) in [7, 11) is 1.88. The molecule has 0 N–H and O–H groups in total. The number of nitrogens with zero attached hydrogens (tertiary/aromatic N) is 4. The highest BCUT2D eigenvalue weighted by molar-refractivity contribution is 9.10. The van der Waals surface area contributed by atoms with Crippen molar-refractivity contribution in [3.63, 3.8) is 0 Å². The molecular formula is C19H15BrF2N4S. The van der Waals surface area contributed by atoms with Gasteiger partial charge in [0.2, 0.25) is 0 Å². The molecule has 0 amide bonds. The summed E-state index contributed by atoms with van der Waals surface area (Å²) < 4.78 is 29.8. The van der Waals surface area contributed by atoms with E-state index in [0.717, 1.165) is 27.9 Å². The number of pyridine rings is 1. The third kappa shape index (κ3) is 3.23. The molecular weight excluding hydrogens is 434 g/mol. The predicted octanol–water partition coefficient (Wildman–Crippen LogP) is 5.83. The molecule has 0 bridgehead atoms. The van der Waals surface area contributed by atoms with Gasteiger partial charge in [-0.3, -0.25) is 4.40 Å². The van der Waals surface area contributed by atoms with E-state index in [-0.39, 0.29) is 17.3 Å². The third-order valence-electron chi connectivity index (χ3n) is 4.26. The third-order valence-corrected chi connectivity index (χ3v) is 5.61. The molecule has 27 heavy (non-hydrogen) atoms. The molecule has 4 aromatic rings. The van der Waals surface area contributed by atoms with Crippen molar-refractivity contribution >= 4 is 43.9 Å². The van der Waals surface area contributed by atoms with Crippen LogP contribution in [0.3, 0.4) is 0 Å². The second kappa shape index (κ2) is 7.01. The van der Waals surface area contributed by atoms with Crippen LogP contribution in [0.15, 0.2) is 46.4 Å². The number of benzene rings is 1. The molecule has 0 aliphatic rings. The maximum Gasteiger partial charge on any atom is 0.191 e. The van der Waals surface area contributed by atoms with E-state index in [1.165, 1.54) is 29.5 Å². The lowest BCUT2D eigenvalue weighted by Crippen LogP contribution is -2.13. The molecule has 3 aromatic heterocycles. The van der Waals surface area contributed by atoms with E-state index < -0.39 is 0 Å². The van der Waals surface area contributed by atoms with Gasteiger partial charge in [-0.2, -0.15) is 0 Å². The minimum atomic E-state index is -0.384. The molecule has 138 valence electrons. The van der Waals surface area contributed by atoms with Crippen molar-refractivity contribution in [3.8, 4) is 11.3 Å². The molecule has 4 nitrogen and oxygen atoms in total. The molecule has 0 fully saturated rings. The molecule has 4 rings (SSSR count). The van der Waals surface area contributed by atoms with Crippen LogP contribution < -0.4 is 4.90 Å². The van der Waals surface area contributed by atoms with Gasteiger partial charge in [0, 0.05) is 28.7 Å². The lowest BCUT2D eigenvalue weighted by Gasteiger charge is -2.17. The van der Waals surface area contributed by atoms with Gasteiger partial charge in [0.1, 0.15) is 11.6 Å². The SMILES string of the molecule is CCc1nc2c(F)cc(Br)cn2c1N(C)c1nc(-c2ccc(F)cc2)cs1. The zero-order chi connectivity index (χ0) is 19.1. The summed E-state index contributed by atoms with van der Waals surface area (Å²) >= 11 is 4.81. The van der Waals surface area contributed by atoms with Crippen LogP contribution in [-0.4, -0.2) is 21.4 Å². The van der Waals surface area contributed by atoms with Gasteiger partial charge in [0.05, 0.1) is 11.4 Å². The highest BCUT2D eigenvalue weighted by atomic mass is 79.9. The highest BCUT2D eigenvalue weighted by Crippen LogP contribution is 2.34. The van der Waals surface area contributed by atoms with Crippen LogP contribution in [0.2, 0.25) is 0 Å². The Bertz CT molecular complexity index is 1120. The second-order valence-electron chi connectivity index (χ2n) is 6.02. The van der Waals surface area contributed by atoms with Crippen LogP contribution in [0.25, 0.3) is 16.9 Å². The van der Waals surface area contributed by atoms with Crippen molar-refractivity contribution in [1.29, 1.82) is 0 Å². The molecule has 3 heterocycles. The average molecular weight is 449 g/mol. The molecule has 0 aliphatic carbocycles. The Morgan fingerprint density at radius 3 is 2.63 bits per heavy atom. The summed E-state index contributed by atoms with van der Waals surface area (Å²) in [6.45, 7) is 1.98. The number of aromatic nitrogens is 3. The summed E-state index contributed by atoms with van der Waals surface area (Å²) in [5.41, 5.74) is 2.68. The van der Waals surface area contributed by atoms with Gasteiger partial charge >= 0.3 is 0 Å². The van der Waals surface area contributed by atoms with Crippen molar-refractivity contribution in [1.82, 2.24) is 14.4 Å². The first-order valence-corrected chi connectivity index (χ1v) is 9.96. The van der Waals surface area contributed by atoms with Gasteiger partial charge in [-0.05, 0) is 52.7 Å². The Morgan fingerprint density at radius 1 is 1.19 bits per heavy atom. The van der Waals surface area contributed by atoms with Crippen LogP contribution in [0, 0.1) is 11.6 Å². The zero-order valence-electron chi connectivity index (χ0n) is 14.6. The minimum Gasteiger partial charge on any atom is -0.305 e. The smallest absolute Gasteiger partial charge is 0.191 e. The van der Waals surface area contributed by atoms with E-state index in [4.69, 9.17) is 0 Å². The van der Waals surface area contributed by atoms with Crippen molar-refractivity contribution in [2.24, 2.45) is 0 Å². The van der Waals surface area contributed by atoms with Crippen molar-refractivity contribution < 1.29 is 8.78 Å². The summed E-state index contributed by atoms with van der Waals surface area (Å²) in [4.78, 5) is 11.0. The topological polar surface area (TPSA) is 33.4 Å². The number of anilines is 2. The molecule has 1 aromatic carbocycles. The fraction of sp³-hybridized carbons (Fsp3) is 0.158. The largest absolute Gasteiger partial charge is 0.305 e. The molecule has 0 radical (unpaired) electrons. The van der Waals surface area contributed by atoms with E-state index >= 15 is 0 Å². The summed E-state index contributed by atoms with van der Waals surface area (Å²) in [5, 5.41) is 2.66. The molecule has 0 saturated heterocycles. The van der Waals surface area contributed by atoms with Crippen LogP contribution in [0.1, 0.15) is 12.6 Å². The maximum absolute atomic E-state index is 14.3. The number of rotatable bonds is 4. The molecule has 0 saturated carbocycles. The van der Waals surface area contributed by atoms with Crippen molar-refractivity contribution in [3.05, 3.63) is 63.7 Å². The Kier molecular flexibility index (Phi) is 4.69. The van der Waals surface area contributed by atoms with Crippen molar-refractivity contribution in [2.45, 2.75) is 13.3 Å². The Balaban J connectivity index is 1.79. The predicted molar refractivity (Wildman–Crippen MR) is 108 cm³/mol. The van der Waals surface area contributed by atoms with Gasteiger partial charge in [0.15, 0.2) is 16.6 Å². The van der Waals surface area contributed by atoms with Crippen LogP contribution in [-0.2, 0) is 6.42 Å². The summed E-state index contributed by atoms with van der Waals surface area (Å²) in [6.07, 6.45) is 2.46.